The fourth-order valence-electron chi connectivity index (χ4n) is 5.86. The summed E-state index contributed by atoms with van der Waals surface area (Å²) in [4.78, 5) is 43.1. The average molecular weight is 673 g/mol. The highest BCUT2D eigenvalue weighted by molar-refractivity contribution is 6.10. The molecule has 0 radical (unpaired) electrons. The van der Waals surface area contributed by atoms with E-state index in [0.717, 1.165) is 32.7 Å². The van der Waals surface area contributed by atoms with Gasteiger partial charge in [0.05, 0.1) is 12.7 Å². The molecule has 0 fully saturated rings. The number of esters is 1. The second-order valence-electron chi connectivity index (χ2n) is 11.7. The Hall–Kier alpha value is -6.16. The number of methoxy groups -OCH3 is 1. The molecule has 1 atom stereocenters. The fraction of sp³-hybridized carbons (Fsp3) is 0.200. The summed E-state index contributed by atoms with van der Waals surface area (Å²) in [5.74, 6) is -0.777. The molecule has 5 aromatic rings. The van der Waals surface area contributed by atoms with E-state index in [1.54, 1.807) is 24.3 Å². The van der Waals surface area contributed by atoms with E-state index in [0.29, 0.717) is 43.2 Å². The monoisotopic (exact) mass is 672 g/mol. The number of carbonyl (C=O) groups excluding carboxylic acids is 3. The third kappa shape index (κ3) is 8.65. The summed E-state index contributed by atoms with van der Waals surface area (Å²) in [5, 5.41) is 6.76. The maximum absolute atomic E-state index is 13.6. The Balaban J connectivity index is 1.42. The number of guanidine groups is 1. The first-order chi connectivity index (χ1) is 24.3. The Bertz CT molecular complexity index is 2050. The van der Waals surface area contributed by atoms with Crippen molar-refractivity contribution in [1.82, 2.24) is 0 Å². The number of amides is 1. The molecule has 50 heavy (non-hydrogen) atoms. The van der Waals surface area contributed by atoms with E-state index in [4.69, 9.17) is 25.7 Å². The Morgan fingerprint density at radius 3 is 2.10 bits per heavy atom. The van der Waals surface area contributed by atoms with E-state index < -0.39 is 11.9 Å². The molecule has 10 nitrogen and oxygen atoms in total. The number of ether oxygens (including phenoxy) is 3. The number of ketones is 1. The van der Waals surface area contributed by atoms with Crippen molar-refractivity contribution in [3.05, 3.63) is 115 Å². The highest BCUT2D eigenvalue weighted by atomic mass is 16.5. The standard InChI is InChI=1S/C40H40N4O6/c1-3-22-49-34-19-17-26-10-4-6-15-32(26)36(34)37-33-16-7-5-11-27(33)18-20-35(37)50-25-31(45)24-28(13-9-21-43-40(41)42)38(46)44-30-14-8-12-29(23-30)39(47)48-2/h3-8,10-12,14-20,23,28H,1,9,13,21-22,24-25H2,2H3,(H,44,46)(H4,41,42,43)/t28-/m0/s1. The van der Waals surface area contributed by atoms with Crippen molar-refractivity contribution in [1.29, 1.82) is 0 Å². The summed E-state index contributed by atoms with van der Waals surface area (Å²) < 4.78 is 17.3. The molecule has 5 aromatic carbocycles. The Labute approximate surface area is 290 Å². The third-order valence-corrected chi connectivity index (χ3v) is 8.18. The molecule has 0 aromatic heterocycles. The minimum absolute atomic E-state index is 0.0504. The van der Waals surface area contributed by atoms with Gasteiger partial charge in [-0.2, -0.15) is 0 Å². The smallest absolute Gasteiger partial charge is 0.337 e. The first-order valence-electron chi connectivity index (χ1n) is 16.3. The van der Waals surface area contributed by atoms with Crippen LogP contribution in [-0.2, 0) is 14.3 Å². The van der Waals surface area contributed by atoms with E-state index >= 15 is 0 Å². The van der Waals surface area contributed by atoms with E-state index in [9.17, 15) is 14.4 Å². The van der Waals surface area contributed by atoms with Gasteiger partial charge in [-0.3, -0.25) is 14.6 Å². The third-order valence-electron chi connectivity index (χ3n) is 8.18. The normalized spacial score (nSPS) is 11.4. The largest absolute Gasteiger partial charge is 0.489 e. The van der Waals surface area contributed by atoms with Gasteiger partial charge < -0.3 is 31.0 Å². The van der Waals surface area contributed by atoms with Crippen LogP contribution in [0.15, 0.2) is 115 Å². The number of benzene rings is 5. The van der Waals surface area contributed by atoms with Crippen molar-refractivity contribution in [3.63, 3.8) is 0 Å². The van der Waals surface area contributed by atoms with E-state index in [2.05, 4.69) is 16.9 Å². The zero-order chi connectivity index (χ0) is 35.5. The first-order valence-corrected chi connectivity index (χ1v) is 16.3. The van der Waals surface area contributed by atoms with Crippen molar-refractivity contribution >= 4 is 50.9 Å². The van der Waals surface area contributed by atoms with E-state index in [-0.39, 0.29) is 36.2 Å². The maximum Gasteiger partial charge on any atom is 0.337 e. The van der Waals surface area contributed by atoms with Crippen LogP contribution in [0.2, 0.25) is 0 Å². The molecule has 1 amide bonds. The number of anilines is 1. The lowest BCUT2D eigenvalue weighted by Gasteiger charge is -2.20. The zero-order valence-electron chi connectivity index (χ0n) is 27.9. The molecule has 0 saturated heterocycles. The molecular weight excluding hydrogens is 632 g/mol. The molecule has 0 spiro atoms. The number of hydrogen-bond donors (Lipinski definition) is 3. The van der Waals surface area contributed by atoms with Crippen LogP contribution in [0.4, 0.5) is 5.69 Å². The number of nitrogens with two attached hydrogens (primary N) is 2. The summed E-state index contributed by atoms with van der Waals surface area (Å²) in [7, 11) is 1.28. The highest BCUT2D eigenvalue weighted by Gasteiger charge is 2.24. The van der Waals surface area contributed by atoms with Gasteiger partial charge >= 0.3 is 5.97 Å². The summed E-state index contributed by atoms with van der Waals surface area (Å²) in [6.45, 7) is 4.15. The molecule has 0 heterocycles. The molecule has 0 aliphatic rings. The van der Waals surface area contributed by atoms with Gasteiger partial charge in [-0.05, 0) is 64.7 Å². The lowest BCUT2D eigenvalue weighted by molar-refractivity contribution is -0.127. The quantitative estimate of drug-likeness (QED) is 0.0346. The van der Waals surface area contributed by atoms with Gasteiger partial charge in [-0.1, -0.05) is 79.4 Å². The number of rotatable bonds is 16. The molecule has 0 saturated carbocycles. The number of carbonyl (C=O) groups is 3. The number of nitrogens with one attached hydrogen (secondary N) is 1. The molecule has 5 rings (SSSR count). The van der Waals surface area contributed by atoms with Crippen LogP contribution in [0, 0.1) is 5.92 Å². The lowest BCUT2D eigenvalue weighted by atomic mass is 9.92. The van der Waals surface area contributed by atoms with Crippen LogP contribution in [0.25, 0.3) is 32.7 Å². The molecule has 10 heteroatoms. The second-order valence-corrected chi connectivity index (χ2v) is 11.7. The van der Waals surface area contributed by atoms with Gasteiger partial charge in [0.15, 0.2) is 11.7 Å². The van der Waals surface area contributed by atoms with Crippen LogP contribution in [0.3, 0.4) is 0 Å². The number of Topliss-reactive ketones (excluding diaryl/α,β-unsaturated/α-hetero) is 1. The van der Waals surface area contributed by atoms with Crippen LogP contribution in [-0.4, -0.2) is 50.5 Å². The van der Waals surface area contributed by atoms with Crippen molar-refractivity contribution in [3.8, 4) is 22.6 Å². The van der Waals surface area contributed by atoms with Gasteiger partial charge in [0, 0.05) is 35.7 Å². The molecule has 256 valence electrons. The number of aliphatic imine (C=N–C) groups is 1. The van der Waals surface area contributed by atoms with Crippen molar-refractivity contribution < 1.29 is 28.6 Å². The predicted octanol–water partition coefficient (Wildman–Crippen LogP) is 6.66. The molecule has 5 N–H and O–H groups in total. The van der Waals surface area contributed by atoms with Crippen LogP contribution < -0.4 is 26.3 Å². The molecule has 0 bridgehead atoms. The number of hydrogen-bond acceptors (Lipinski definition) is 7. The van der Waals surface area contributed by atoms with Crippen molar-refractivity contribution in [2.45, 2.75) is 19.3 Å². The molecular formula is C40H40N4O6. The topological polar surface area (TPSA) is 155 Å². The SMILES string of the molecule is C=CCOc1ccc2ccccc2c1-c1c(OCC(=O)C[C@H](CCCN=C(N)N)C(=O)Nc2cccc(C(=O)OC)c2)ccc2ccccc12. The van der Waals surface area contributed by atoms with Gasteiger partial charge in [-0.25, -0.2) is 4.79 Å². The summed E-state index contributed by atoms with van der Waals surface area (Å²) in [6.07, 6.45) is 2.41. The number of fused-ring (bicyclic) bond motifs is 2. The summed E-state index contributed by atoms with van der Waals surface area (Å²) >= 11 is 0. The minimum Gasteiger partial charge on any atom is -0.489 e. The Kier molecular flexibility index (Phi) is 11.8. The van der Waals surface area contributed by atoms with Crippen LogP contribution >= 0.6 is 0 Å². The van der Waals surface area contributed by atoms with Gasteiger partial charge in [-0.15, -0.1) is 0 Å². The molecule has 0 aliphatic heterocycles. The van der Waals surface area contributed by atoms with Gasteiger partial charge in [0.1, 0.15) is 24.7 Å². The Morgan fingerprint density at radius 2 is 1.48 bits per heavy atom. The van der Waals surface area contributed by atoms with Crippen LogP contribution in [0.1, 0.15) is 29.6 Å². The van der Waals surface area contributed by atoms with E-state index in [1.165, 1.54) is 13.2 Å². The van der Waals surface area contributed by atoms with Gasteiger partial charge in [0.2, 0.25) is 5.91 Å². The second kappa shape index (κ2) is 16.8. The number of nitrogens with zero attached hydrogens (tertiary/aromatic N) is 1. The predicted molar refractivity (Wildman–Crippen MR) is 198 cm³/mol. The molecule has 0 unspecified atom stereocenters. The fourth-order valence-corrected chi connectivity index (χ4v) is 5.86. The minimum atomic E-state index is -0.713. The first kappa shape index (κ1) is 35.2. The maximum atomic E-state index is 13.6. The molecule has 0 aliphatic carbocycles. The highest BCUT2D eigenvalue weighted by Crippen LogP contribution is 2.45. The summed E-state index contributed by atoms with van der Waals surface area (Å²) in [6, 6.07) is 30.2. The van der Waals surface area contributed by atoms with Crippen molar-refractivity contribution in [2.75, 3.05) is 32.2 Å². The van der Waals surface area contributed by atoms with Crippen molar-refractivity contribution in [2.24, 2.45) is 22.4 Å². The van der Waals surface area contributed by atoms with Crippen LogP contribution in [0.5, 0.6) is 11.5 Å². The average Bonchev–Trinajstić information content (AvgIpc) is 3.13. The van der Waals surface area contributed by atoms with Gasteiger partial charge in [0.25, 0.3) is 0 Å². The van der Waals surface area contributed by atoms with E-state index in [1.807, 2.05) is 72.8 Å². The summed E-state index contributed by atoms with van der Waals surface area (Å²) in [5.41, 5.74) is 13.3. The zero-order valence-corrected chi connectivity index (χ0v) is 27.9. The Morgan fingerprint density at radius 1 is 0.840 bits per heavy atom. The lowest BCUT2D eigenvalue weighted by Crippen LogP contribution is -2.27.